The Hall–Kier alpha value is -4.05. The molecule has 0 radical (unpaired) electrons. The molecule has 3 aromatic carbocycles. The van der Waals surface area contributed by atoms with Crippen LogP contribution in [0.3, 0.4) is 0 Å². The second kappa shape index (κ2) is 19.5. The molecule has 0 heterocycles. The Morgan fingerprint density at radius 2 is 1.61 bits per heavy atom. The molecule has 11 nitrogen and oxygen atoms in total. The van der Waals surface area contributed by atoms with Gasteiger partial charge in [0.05, 0.1) is 40.3 Å². The zero-order valence-corrected chi connectivity index (χ0v) is 29.7. The van der Waals surface area contributed by atoms with E-state index in [9.17, 15) is 38.1 Å². The molecule has 3 aromatic rings. The molecule has 0 saturated heterocycles. The summed E-state index contributed by atoms with van der Waals surface area (Å²) >= 11 is 5.70. The van der Waals surface area contributed by atoms with Crippen LogP contribution in [0.15, 0.2) is 65.8 Å². The fraction of sp³-hybridized carbons (Fsp3) is 0.417. The maximum absolute atomic E-state index is 13.4. The Labute approximate surface area is 300 Å². The van der Waals surface area contributed by atoms with Crippen molar-refractivity contribution < 1.29 is 42.8 Å². The van der Waals surface area contributed by atoms with E-state index in [0.717, 1.165) is 37.0 Å². The summed E-state index contributed by atoms with van der Waals surface area (Å²) in [4.78, 5) is 30.7. The van der Waals surface area contributed by atoms with Crippen LogP contribution >= 0.6 is 11.6 Å². The largest absolute Gasteiger partial charge is 0.491 e. The average molecular weight is 736 g/mol. The van der Waals surface area contributed by atoms with E-state index >= 15 is 0 Å². The van der Waals surface area contributed by atoms with E-state index in [1.54, 1.807) is 32.0 Å². The molecule has 0 bridgehead atoms. The van der Waals surface area contributed by atoms with Gasteiger partial charge in [-0.25, -0.2) is 5.43 Å². The smallest absolute Gasteiger partial charge is 0.417 e. The highest BCUT2D eigenvalue weighted by atomic mass is 35.5. The maximum Gasteiger partial charge on any atom is 0.417 e. The van der Waals surface area contributed by atoms with Crippen LogP contribution in [0.2, 0.25) is 5.02 Å². The number of hydrogen-bond acceptors (Lipinski definition) is 9. The van der Waals surface area contributed by atoms with Gasteiger partial charge in [0.2, 0.25) is 0 Å². The van der Waals surface area contributed by atoms with Crippen molar-refractivity contribution in [3.05, 3.63) is 93.5 Å². The van der Waals surface area contributed by atoms with Crippen molar-refractivity contribution >= 4 is 35.3 Å². The molecule has 3 rings (SSSR count). The SMILES string of the molecule is CCN(CC)CC(O)COc1ccc(NC(=O)c2cccc(CN(CC(C)O)CC(C)O)c2)c(C(=O)N/N=C/c2ccc(Cl)c(C(F)(F)F)c2)c1. The summed E-state index contributed by atoms with van der Waals surface area (Å²) < 4.78 is 45.7. The van der Waals surface area contributed by atoms with Gasteiger partial charge >= 0.3 is 6.18 Å². The highest BCUT2D eigenvalue weighted by molar-refractivity contribution is 6.31. The van der Waals surface area contributed by atoms with E-state index in [2.05, 4.69) is 15.8 Å². The van der Waals surface area contributed by atoms with Gasteiger partial charge in [0.25, 0.3) is 11.8 Å². The first-order valence-corrected chi connectivity index (χ1v) is 16.8. The Morgan fingerprint density at radius 3 is 2.24 bits per heavy atom. The molecule has 5 N–H and O–H groups in total. The topological polar surface area (TPSA) is 147 Å². The van der Waals surface area contributed by atoms with Gasteiger partial charge in [-0.1, -0.05) is 43.6 Å². The number of aliphatic hydroxyl groups is 3. The lowest BCUT2D eigenvalue weighted by Crippen LogP contribution is -2.35. The number of nitrogens with zero attached hydrogens (tertiary/aromatic N) is 3. The molecule has 3 unspecified atom stereocenters. The van der Waals surface area contributed by atoms with Crippen LogP contribution in [0.25, 0.3) is 0 Å². The minimum absolute atomic E-state index is 0.0279. The number of alkyl halides is 3. The first-order valence-electron chi connectivity index (χ1n) is 16.5. The van der Waals surface area contributed by atoms with Crippen molar-refractivity contribution in [3.8, 4) is 5.75 Å². The number of aliphatic hydroxyl groups excluding tert-OH is 3. The second-order valence-corrected chi connectivity index (χ2v) is 12.5. The number of amides is 2. The van der Waals surface area contributed by atoms with Crippen molar-refractivity contribution in [1.29, 1.82) is 0 Å². The van der Waals surface area contributed by atoms with Gasteiger partial charge in [0.1, 0.15) is 18.5 Å². The number of anilines is 1. The Balaban J connectivity index is 1.85. The summed E-state index contributed by atoms with van der Waals surface area (Å²) in [6.07, 6.45) is -5.76. The van der Waals surface area contributed by atoms with E-state index in [0.29, 0.717) is 26.2 Å². The molecular formula is C36H45ClF3N5O6. The molecule has 278 valence electrons. The number of benzene rings is 3. The van der Waals surface area contributed by atoms with Crippen LogP contribution in [-0.4, -0.2) is 101 Å². The van der Waals surface area contributed by atoms with Crippen LogP contribution in [-0.2, 0) is 12.7 Å². The van der Waals surface area contributed by atoms with Crippen LogP contribution < -0.4 is 15.5 Å². The lowest BCUT2D eigenvalue weighted by molar-refractivity contribution is -0.137. The molecule has 0 aliphatic carbocycles. The molecule has 2 amide bonds. The number of carbonyl (C=O) groups is 2. The quantitative estimate of drug-likeness (QED) is 0.0905. The molecule has 0 aliphatic heterocycles. The number of likely N-dealkylation sites (N-methyl/N-ethyl adjacent to an activating group) is 1. The summed E-state index contributed by atoms with van der Waals surface area (Å²) in [5.41, 5.74) is 2.29. The van der Waals surface area contributed by atoms with Crippen molar-refractivity contribution in [3.63, 3.8) is 0 Å². The summed E-state index contributed by atoms with van der Waals surface area (Å²) in [6, 6.07) is 14.3. The van der Waals surface area contributed by atoms with Gasteiger partial charge in [0.15, 0.2) is 0 Å². The fourth-order valence-electron chi connectivity index (χ4n) is 5.22. The van der Waals surface area contributed by atoms with Crippen molar-refractivity contribution in [2.45, 2.75) is 58.7 Å². The molecule has 0 aromatic heterocycles. The number of nitrogens with one attached hydrogen (secondary N) is 2. The summed E-state index contributed by atoms with van der Waals surface area (Å²) in [6.45, 7) is 9.99. The van der Waals surface area contributed by atoms with Gasteiger partial charge in [-0.3, -0.25) is 14.5 Å². The van der Waals surface area contributed by atoms with Crippen molar-refractivity contribution in [2.75, 3.05) is 44.6 Å². The fourth-order valence-corrected chi connectivity index (χ4v) is 5.44. The zero-order chi connectivity index (χ0) is 37.7. The molecule has 3 atom stereocenters. The number of rotatable bonds is 18. The molecule has 0 saturated carbocycles. The van der Waals surface area contributed by atoms with Gasteiger partial charge < -0.3 is 30.3 Å². The van der Waals surface area contributed by atoms with Crippen molar-refractivity contribution in [2.24, 2.45) is 5.10 Å². The third-order valence-electron chi connectivity index (χ3n) is 7.61. The van der Waals surface area contributed by atoms with Gasteiger partial charge in [-0.05, 0) is 80.5 Å². The third-order valence-corrected chi connectivity index (χ3v) is 7.93. The zero-order valence-electron chi connectivity index (χ0n) is 29.0. The molecule has 0 spiro atoms. The van der Waals surface area contributed by atoms with Gasteiger partial charge in [-0.2, -0.15) is 18.3 Å². The summed E-state index contributed by atoms with van der Waals surface area (Å²) in [5.74, 6) is -1.14. The Bertz CT molecular complexity index is 1630. The van der Waals surface area contributed by atoms with Crippen LogP contribution in [0, 0.1) is 0 Å². The standard InChI is InChI=1S/C36H45ClF3N5O6/c1-5-44(6-2)21-28(48)22-51-29-11-13-33(30(16-29)35(50)43-41-17-25-10-12-32(37)31(15-25)36(38,39)40)42-34(49)27-9-7-8-26(14-27)20-45(18-23(3)46)19-24(4)47/h7-17,23-24,28,46-48H,5-6,18-22H2,1-4H3,(H,42,49)(H,43,50)/b41-17+. The Kier molecular flexibility index (Phi) is 15.8. The number of hydrogen-bond donors (Lipinski definition) is 5. The maximum atomic E-state index is 13.4. The van der Waals surface area contributed by atoms with Crippen LogP contribution in [0.5, 0.6) is 5.75 Å². The molecule has 0 fully saturated rings. The first kappa shape index (κ1) is 41.4. The lowest BCUT2D eigenvalue weighted by atomic mass is 10.1. The molecule has 0 aliphatic rings. The lowest BCUT2D eigenvalue weighted by Gasteiger charge is -2.25. The van der Waals surface area contributed by atoms with Gasteiger partial charge in [0, 0.05) is 31.7 Å². The monoisotopic (exact) mass is 735 g/mol. The molecular weight excluding hydrogens is 691 g/mol. The van der Waals surface area contributed by atoms with E-state index in [4.69, 9.17) is 16.3 Å². The summed E-state index contributed by atoms with van der Waals surface area (Å²) in [5, 5.41) is 36.3. The van der Waals surface area contributed by atoms with Gasteiger partial charge in [-0.15, -0.1) is 0 Å². The van der Waals surface area contributed by atoms with Crippen LogP contribution in [0.4, 0.5) is 18.9 Å². The number of carbonyl (C=O) groups excluding carboxylic acids is 2. The van der Waals surface area contributed by atoms with E-state index in [1.807, 2.05) is 29.7 Å². The number of hydrazone groups is 1. The van der Waals surface area contributed by atoms with Crippen LogP contribution in [0.1, 0.15) is 65.1 Å². The second-order valence-electron chi connectivity index (χ2n) is 12.1. The minimum Gasteiger partial charge on any atom is -0.491 e. The van der Waals surface area contributed by atoms with E-state index < -0.39 is 46.9 Å². The third kappa shape index (κ3) is 13.5. The highest BCUT2D eigenvalue weighted by Gasteiger charge is 2.33. The summed E-state index contributed by atoms with van der Waals surface area (Å²) in [7, 11) is 0. The normalized spacial score (nSPS) is 13.7. The molecule has 15 heteroatoms. The average Bonchev–Trinajstić information content (AvgIpc) is 3.06. The van der Waals surface area contributed by atoms with E-state index in [-0.39, 0.29) is 34.7 Å². The number of halogens is 4. The van der Waals surface area contributed by atoms with Crippen molar-refractivity contribution in [1.82, 2.24) is 15.2 Å². The predicted molar refractivity (Wildman–Crippen MR) is 190 cm³/mol. The molecule has 51 heavy (non-hydrogen) atoms. The number of ether oxygens (including phenoxy) is 1. The first-order chi connectivity index (χ1) is 24.1. The highest BCUT2D eigenvalue weighted by Crippen LogP contribution is 2.35. The predicted octanol–water partition coefficient (Wildman–Crippen LogP) is 5.02. The van der Waals surface area contributed by atoms with E-state index in [1.165, 1.54) is 24.3 Å². The Morgan fingerprint density at radius 1 is 0.922 bits per heavy atom. The minimum atomic E-state index is -4.69.